The number of aromatic amines is 3. The van der Waals surface area contributed by atoms with Crippen LogP contribution in [0, 0.1) is 0 Å². The topological polar surface area (TPSA) is 621 Å². The third-order valence-corrected chi connectivity index (χ3v) is 30.9. The lowest BCUT2D eigenvalue weighted by molar-refractivity contribution is -0.134. The Morgan fingerprint density at radius 2 is 0.748 bits per heavy atom. The fourth-order valence-electron chi connectivity index (χ4n) is 15.4. The number of sulfone groups is 1. The van der Waals surface area contributed by atoms with Crippen LogP contribution in [-0.2, 0) is 121 Å². The number of carboxylic acid groups (broad SMARTS) is 1. The zero-order valence-electron chi connectivity index (χ0n) is 82.3. The molecule has 0 spiro atoms. The standard InChI is InChI=1S/C16H22FO5P.C16H22FO4P.C15H20FO5P.C14H22FN3O6S.C14H22FN2O9PS.C14H20FN2O8PS/c1-11(2)21-16-13(9-10-23(18,19)20-3)22-15(14(16)17)12-7-5-4-6-8-12;1-11(2)20-16-13(9-10-22(3,18)19)21-15(14(16)17)12-7-5-4-6-8-12;1-10(2)20-15-12(8-9-22(17,18)19)21-14(13(15)16)11-6-4-3-5-7-11;1-8(2)23-12-9(5-7-25(21,22)16-3)24-13(11(12)15)18-6-4-10(19)17-14(18)20;1-8(2)25-12-9(4-6-28(23,24)7-27(20,21)22)26-13(11(12)15)17-5-3-10(18)16-14(17)19;1-7(2)24-12-8(5-23-26(22,27)6-10(19)20)25-13(11(12)15)17-4-3-9(18)16-14(17)21/h4-11,13-16H,1-3H3,(H,18,19);4-11,13-16H,1-3H3,(H,18,19);3-10,12-15H,1-2H3,(H2,17,18,19);4,6,8-9,11-13,16H,5,7H2,1-3H3,(H,17,19,20);3,5,8-9,11-13H,4,6-7H2,1-2H3,(H,16,18,19)(H2,20,21,22);3-4,7-8,11-13H,5-6H2,1-2H3,(H,19,20)(H,22,27)(H,16,18,21)/b2*10-9+;9-8+;;;/t2*13-,14+,15+,16-;12-,13+,14+,15-;2*9-,11-,12-,13-;8-,11-,12-,13-,26?/m111111/s1. The molecule has 147 heavy (non-hydrogen) atoms. The molecule has 0 bridgehead atoms. The monoisotopic (exact) mass is 2250 g/mol. The number of halogens is 6. The summed E-state index contributed by atoms with van der Waals surface area (Å²) >= 11 is 4.75. The van der Waals surface area contributed by atoms with E-state index in [0.29, 0.717) is 11.1 Å². The number of H-pyrrole nitrogens is 3. The third kappa shape index (κ3) is 40.5. The molecule has 3 aromatic carbocycles. The van der Waals surface area contributed by atoms with Crippen LogP contribution in [0.1, 0.15) is 150 Å². The summed E-state index contributed by atoms with van der Waals surface area (Å²) in [6.45, 7) is 18.0. The first-order valence-electron chi connectivity index (χ1n) is 45.8. The number of nitrogens with zero attached hydrogens (tertiary/aromatic N) is 3. The number of alkyl halides is 6. The van der Waals surface area contributed by atoms with Gasteiger partial charge in [0.1, 0.15) is 85.5 Å². The predicted molar refractivity (Wildman–Crippen MR) is 527 cm³/mol. The number of carboxylic acids is 1. The van der Waals surface area contributed by atoms with Gasteiger partial charge in [0.05, 0.1) is 66.9 Å². The summed E-state index contributed by atoms with van der Waals surface area (Å²) in [4.78, 5) is 150. The largest absolute Gasteiger partial charge is 0.481 e. The number of ether oxygens (including phenoxy) is 12. The van der Waals surface area contributed by atoms with Crippen LogP contribution >= 0.6 is 36.6 Å². The van der Waals surface area contributed by atoms with Crippen molar-refractivity contribution in [1.82, 2.24) is 33.4 Å². The van der Waals surface area contributed by atoms with E-state index in [1.165, 1.54) is 37.8 Å². The Morgan fingerprint density at radius 3 is 1.03 bits per heavy atom. The molecule has 3 unspecified atom stereocenters. The van der Waals surface area contributed by atoms with E-state index in [2.05, 4.69) is 9.25 Å². The maximum Gasteiger partial charge on any atom is 0.351 e. The molecular weight excluding hydrogens is 2120 g/mol. The zero-order valence-corrected chi connectivity index (χ0v) is 89.3. The third-order valence-electron chi connectivity index (χ3n) is 21.4. The fourth-order valence-corrected chi connectivity index (χ4v) is 22.0. The van der Waals surface area contributed by atoms with E-state index < -0.39 is 274 Å². The van der Waals surface area contributed by atoms with Crippen LogP contribution in [0.15, 0.2) is 192 Å². The number of benzene rings is 3. The van der Waals surface area contributed by atoms with Gasteiger partial charge in [0.25, 0.3) is 16.7 Å². The normalized spacial score (nSPS) is 28.6. The Labute approximate surface area is 847 Å². The number of hydrogen-bond acceptors (Lipinski definition) is 30. The molecule has 58 heteroatoms. The first-order valence-corrected chi connectivity index (χ1v) is 59.4. The molecular formula is C89H128F6N7O37P5S3. The molecule has 0 amide bonds. The highest BCUT2D eigenvalue weighted by Crippen LogP contribution is 2.49. The van der Waals surface area contributed by atoms with Crippen molar-refractivity contribution >= 4 is 74.3 Å². The van der Waals surface area contributed by atoms with Crippen molar-refractivity contribution < 1.29 is 171 Å². The second kappa shape index (κ2) is 56.4. The van der Waals surface area contributed by atoms with E-state index in [4.69, 9.17) is 97.9 Å². The van der Waals surface area contributed by atoms with Gasteiger partial charge in [-0.2, -0.15) is 0 Å². The van der Waals surface area contributed by atoms with Crippen molar-refractivity contribution in [2.75, 3.05) is 50.6 Å². The van der Waals surface area contributed by atoms with Gasteiger partial charge in [-0.3, -0.25) is 66.1 Å². The van der Waals surface area contributed by atoms with E-state index >= 15 is 0 Å². The Bertz CT molecular complexity index is 6090. The van der Waals surface area contributed by atoms with Crippen LogP contribution < -0.4 is 38.5 Å². The highest BCUT2D eigenvalue weighted by atomic mass is 32.5. The predicted octanol–water partition coefficient (Wildman–Crippen LogP) is 9.20. The SMILES string of the molecule is CC(C)O[C@H]1[C@@H](F)[C@H](c2ccccc2)O[C@@H]1/C=C/P(=O)(O)O.CC(C)O[C@H]1[C@@H](F)[C@H](c2ccccc2)O[C@@H]1/C=C/P(C)(=O)O.CC(C)O[C@H]1[C@@H](F)[C@H](n2ccc(=O)[nH]c2=O)O[C@@H]1CCS(=O)(=O)CP(=O)(O)O.CC(C)O[C@H]1[C@@H](F)[C@H](n2ccc(=O)[nH]c2=O)O[C@@H]1COP(O)(=S)CC(=O)O.CNS(=O)(=O)CC[C@H]1O[C@@H](n2ccc(=O)[nH]c2=O)[C@H](F)[C@@H]1OC(C)C.COP(=O)(O)/C=C/[C@H]1O[C@@H](c2ccccc2)[C@H](F)[C@@H]1OC(C)C. The van der Waals surface area contributed by atoms with Gasteiger partial charge >= 0.3 is 45.8 Å². The molecule has 6 fully saturated rings. The Kier molecular flexibility index (Phi) is 48.5. The Hall–Kier alpha value is -7.44. The van der Waals surface area contributed by atoms with Crippen molar-refractivity contribution in [2.24, 2.45) is 0 Å². The molecule has 0 aliphatic carbocycles. The van der Waals surface area contributed by atoms with Crippen LogP contribution in [0.2, 0.25) is 0 Å². The molecule has 27 atom stereocenters. The molecule has 6 aliphatic heterocycles. The average Bonchev–Trinajstić information content (AvgIpc) is 1.65. The summed E-state index contributed by atoms with van der Waals surface area (Å²) in [5.41, 5.74) is -3.74. The lowest BCUT2D eigenvalue weighted by Gasteiger charge is -2.23. The molecule has 3 aromatic heterocycles. The van der Waals surface area contributed by atoms with Crippen molar-refractivity contribution in [2.45, 2.75) is 280 Å². The van der Waals surface area contributed by atoms with Crippen LogP contribution in [0.25, 0.3) is 0 Å². The molecule has 826 valence electrons. The number of rotatable bonds is 39. The van der Waals surface area contributed by atoms with Crippen molar-refractivity contribution in [1.29, 1.82) is 0 Å². The molecule has 12 N–H and O–H groups in total. The van der Waals surface area contributed by atoms with E-state index in [1.807, 2.05) is 59.1 Å². The molecule has 9 heterocycles. The summed E-state index contributed by atoms with van der Waals surface area (Å²) in [7, 11) is -21.5. The summed E-state index contributed by atoms with van der Waals surface area (Å²) in [5.74, 6) is 0.647. The van der Waals surface area contributed by atoms with Crippen molar-refractivity contribution in [3.05, 3.63) is 243 Å². The van der Waals surface area contributed by atoms with Crippen LogP contribution in [0.5, 0.6) is 0 Å². The lowest BCUT2D eigenvalue weighted by Crippen LogP contribution is -2.38. The Morgan fingerprint density at radius 1 is 0.449 bits per heavy atom. The second-order valence-electron chi connectivity index (χ2n) is 35.7. The average molecular weight is 2250 g/mol. The van der Waals surface area contributed by atoms with Crippen LogP contribution in [0.3, 0.4) is 0 Å². The van der Waals surface area contributed by atoms with Crippen molar-refractivity contribution in [3.8, 4) is 0 Å². The number of carbonyl (C=O) groups is 1. The van der Waals surface area contributed by atoms with Crippen molar-refractivity contribution in [3.63, 3.8) is 0 Å². The van der Waals surface area contributed by atoms with Gasteiger partial charge in [0.15, 0.2) is 77.5 Å². The number of aliphatic carboxylic acids is 1. The highest BCUT2D eigenvalue weighted by Gasteiger charge is 2.54. The number of sulfonamides is 1. The highest BCUT2D eigenvalue weighted by molar-refractivity contribution is 8.09. The minimum Gasteiger partial charge on any atom is -0.481 e. The molecule has 6 aromatic rings. The fraction of sp³-hybridized carbons (Fsp3) is 0.584. The molecule has 0 saturated carbocycles. The van der Waals surface area contributed by atoms with Crippen LogP contribution in [0.4, 0.5) is 26.3 Å². The number of hydrogen-bond donors (Lipinski definition) is 12. The molecule has 6 aliphatic rings. The van der Waals surface area contributed by atoms with Gasteiger partial charge in [-0.1, -0.05) is 91.0 Å². The summed E-state index contributed by atoms with van der Waals surface area (Å²) in [6.07, 6.45) is -22.8. The van der Waals surface area contributed by atoms with E-state index in [1.54, 1.807) is 130 Å². The lowest BCUT2D eigenvalue weighted by atomic mass is 10.0. The number of nitrogens with one attached hydrogen (secondary N) is 4. The molecule has 12 rings (SSSR count). The second-order valence-corrected chi connectivity index (χ2v) is 51.1. The van der Waals surface area contributed by atoms with Crippen LogP contribution in [-0.4, -0.2) is 288 Å². The van der Waals surface area contributed by atoms with Gasteiger partial charge in [0.2, 0.25) is 17.4 Å². The first kappa shape index (κ1) is 126. The van der Waals surface area contributed by atoms with Gasteiger partial charge < -0.3 is 105 Å². The minimum absolute atomic E-state index is 0.00438. The summed E-state index contributed by atoms with van der Waals surface area (Å²) < 4.78 is 262. The van der Waals surface area contributed by atoms with Gasteiger partial charge in [0, 0.05) is 62.2 Å². The van der Waals surface area contributed by atoms with Gasteiger partial charge in [-0.15, -0.1) is 0 Å². The minimum atomic E-state index is -4.78. The molecule has 44 nitrogen and oxygen atoms in total. The molecule has 6 saturated heterocycles. The van der Waals surface area contributed by atoms with Gasteiger partial charge in [-0.25, -0.2) is 62.3 Å². The smallest absolute Gasteiger partial charge is 0.351 e. The number of aromatic nitrogens is 6. The van der Waals surface area contributed by atoms with E-state index in [0.717, 1.165) is 74.8 Å². The first-order chi connectivity index (χ1) is 68.3. The molecule has 0 radical (unpaired) electrons. The summed E-state index contributed by atoms with van der Waals surface area (Å²) in [6, 6.07) is 30.1. The maximum absolute atomic E-state index is 14.9. The summed E-state index contributed by atoms with van der Waals surface area (Å²) in [5, 5.41) is 8.74. The quantitative estimate of drug-likeness (QED) is 0.0126. The van der Waals surface area contributed by atoms with Gasteiger partial charge in [-0.05, 0) is 156 Å². The van der Waals surface area contributed by atoms with E-state index in [9.17, 15) is 110 Å². The van der Waals surface area contributed by atoms with E-state index in [-0.39, 0.29) is 49.1 Å². The zero-order chi connectivity index (χ0) is 110. The Balaban J connectivity index is 0.000000239. The maximum atomic E-state index is 14.9.